The van der Waals surface area contributed by atoms with Crippen molar-refractivity contribution < 1.29 is 9.53 Å². The number of hydrogen-bond donors (Lipinski definition) is 2. The van der Waals surface area contributed by atoms with Crippen LogP contribution in [0.2, 0.25) is 0 Å². The van der Waals surface area contributed by atoms with E-state index in [2.05, 4.69) is 20.6 Å². The number of rotatable bonds is 8. The molecule has 144 valence electrons. The maximum atomic E-state index is 12.3. The highest BCUT2D eigenvalue weighted by Gasteiger charge is 2.10. The predicted octanol–water partition coefficient (Wildman–Crippen LogP) is 3.30. The van der Waals surface area contributed by atoms with Crippen molar-refractivity contribution in [3.8, 4) is 11.5 Å². The third-order valence-electron chi connectivity index (χ3n) is 3.87. The molecule has 0 aliphatic heterocycles. The first-order valence-corrected chi connectivity index (χ1v) is 8.96. The standard InChI is InChI=1S/C21H23N5O2/c1-26(2)13-12-22-21(27)18-14-20(24-15-23-18)25-17-10-6-7-11-19(17)28-16-8-4-3-5-9-16/h3-11,14-15H,12-13H2,1-2H3,(H,22,27)(H,23,24,25). The number of ether oxygens (including phenoxy) is 1. The zero-order chi connectivity index (χ0) is 19.8. The van der Waals surface area contributed by atoms with E-state index in [9.17, 15) is 4.79 Å². The van der Waals surface area contributed by atoms with E-state index in [1.807, 2.05) is 73.6 Å². The molecule has 3 rings (SSSR count). The topological polar surface area (TPSA) is 79.4 Å². The van der Waals surface area contributed by atoms with E-state index in [0.29, 0.717) is 23.8 Å². The summed E-state index contributed by atoms with van der Waals surface area (Å²) in [5, 5.41) is 6.04. The molecular formula is C21H23N5O2. The third-order valence-corrected chi connectivity index (χ3v) is 3.87. The number of para-hydroxylation sites is 3. The number of hydrogen-bond acceptors (Lipinski definition) is 6. The Morgan fingerprint density at radius 2 is 1.79 bits per heavy atom. The molecule has 0 saturated heterocycles. The average molecular weight is 377 g/mol. The molecule has 2 aromatic carbocycles. The Morgan fingerprint density at radius 1 is 1.04 bits per heavy atom. The van der Waals surface area contributed by atoms with Crippen LogP contribution in [0.15, 0.2) is 67.0 Å². The molecule has 1 aromatic heterocycles. The summed E-state index contributed by atoms with van der Waals surface area (Å²) in [7, 11) is 3.90. The number of nitrogens with one attached hydrogen (secondary N) is 2. The summed E-state index contributed by atoms with van der Waals surface area (Å²) in [6, 6.07) is 18.7. The van der Waals surface area contributed by atoms with Crippen LogP contribution in [-0.4, -0.2) is 48.0 Å². The van der Waals surface area contributed by atoms with Gasteiger partial charge in [-0.2, -0.15) is 0 Å². The van der Waals surface area contributed by atoms with Gasteiger partial charge in [-0.15, -0.1) is 0 Å². The van der Waals surface area contributed by atoms with Gasteiger partial charge in [-0.1, -0.05) is 30.3 Å². The molecule has 0 atom stereocenters. The summed E-state index contributed by atoms with van der Waals surface area (Å²) in [6.45, 7) is 1.30. The zero-order valence-electron chi connectivity index (χ0n) is 15.9. The van der Waals surface area contributed by atoms with E-state index < -0.39 is 0 Å². The highest BCUT2D eigenvalue weighted by molar-refractivity contribution is 5.93. The summed E-state index contributed by atoms with van der Waals surface area (Å²) in [6.07, 6.45) is 1.36. The van der Waals surface area contributed by atoms with Crippen LogP contribution in [-0.2, 0) is 0 Å². The number of carbonyl (C=O) groups excluding carboxylic acids is 1. The second kappa shape index (κ2) is 9.48. The molecule has 1 amide bonds. The normalized spacial score (nSPS) is 10.5. The predicted molar refractivity (Wildman–Crippen MR) is 109 cm³/mol. The van der Waals surface area contributed by atoms with Crippen molar-refractivity contribution in [2.75, 3.05) is 32.5 Å². The van der Waals surface area contributed by atoms with Crippen LogP contribution in [0.4, 0.5) is 11.5 Å². The van der Waals surface area contributed by atoms with Gasteiger partial charge in [0, 0.05) is 19.2 Å². The fourth-order valence-corrected chi connectivity index (χ4v) is 2.45. The number of aromatic nitrogens is 2. The zero-order valence-corrected chi connectivity index (χ0v) is 15.9. The number of nitrogens with zero attached hydrogens (tertiary/aromatic N) is 3. The molecular weight excluding hydrogens is 354 g/mol. The van der Waals surface area contributed by atoms with Gasteiger partial charge in [-0.05, 0) is 38.4 Å². The fraction of sp³-hybridized carbons (Fsp3) is 0.190. The summed E-state index contributed by atoms with van der Waals surface area (Å²) < 4.78 is 5.95. The van der Waals surface area contributed by atoms with E-state index in [1.54, 1.807) is 6.07 Å². The van der Waals surface area contributed by atoms with Crippen LogP contribution >= 0.6 is 0 Å². The Bertz CT molecular complexity index is 915. The van der Waals surface area contributed by atoms with Gasteiger partial charge in [-0.25, -0.2) is 9.97 Å². The Balaban J connectivity index is 1.71. The Morgan fingerprint density at radius 3 is 2.57 bits per heavy atom. The van der Waals surface area contributed by atoms with Gasteiger partial charge < -0.3 is 20.3 Å². The third kappa shape index (κ3) is 5.52. The molecule has 0 fully saturated rings. The monoisotopic (exact) mass is 377 g/mol. The molecule has 7 nitrogen and oxygen atoms in total. The number of carbonyl (C=O) groups is 1. The van der Waals surface area contributed by atoms with Crippen LogP contribution in [0.3, 0.4) is 0 Å². The van der Waals surface area contributed by atoms with E-state index in [0.717, 1.165) is 18.0 Å². The maximum Gasteiger partial charge on any atom is 0.270 e. The second-order valence-electron chi connectivity index (χ2n) is 6.38. The maximum absolute atomic E-state index is 12.3. The van der Waals surface area contributed by atoms with Gasteiger partial charge in [0.25, 0.3) is 5.91 Å². The second-order valence-corrected chi connectivity index (χ2v) is 6.38. The molecule has 0 aliphatic rings. The highest BCUT2D eigenvalue weighted by atomic mass is 16.5. The summed E-state index contributed by atoms with van der Waals surface area (Å²) in [5.41, 5.74) is 1.04. The van der Waals surface area contributed by atoms with Crippen molar-refractivity contribution in [2.45, 2.75) is 0 Å². The number of likely N-dealkylation sites (N-methyl/N-ethyl adjacent to an activating group) is 1. The fourth-order valence-electron chi connectivity index (χ4n) is 2.45. The van der Waals surface area contributed by atoms with E-state index in [4.69, 9.17) is 4.74 Å². The smallest absolute Gasteiger partial charge is 0.270 e. The van der Waals surface area contributed by atoms with Crippen LogP contribution in [0.25, 0.3) is 0 Å². The molecule has 0 bridgehead atoms. The number of anilines is 2. The van der Waals surface area contributed by atoms with Gasteiger partial charge in [-0.3, -0.25) is 4.79 Å². The SMILES string of the molecule is CN(C)CCNC(=O)c1cc(Nc2ccccc2Oc2ccccc2)ncn1. The van der Waals surface area contributed by atoms with Crippen molar-refractivity contribution in [2.24, 2.45) is 0 Å². The first-order valence-electron chi connectivity index (χ1n) is 8.96. The molecule has 0 spiro atoms. The minimum absolute atomic E-state index is 0.235. The molecule has 2 N–H and O–H groups in total. The molecule has 0 radical (unpaired) electrons. The van der Waals surface area contributed by atoms with E-state index >= 15 is 0 Å². The Labute approximate surface area is 164 Å². The van der Waals surface area contributed by atoms with Gasteiger partial charge in [0.15, 0.2) is 5.75 Å². The molecule has 0 aliphatic carbocycles. The van der Waals surface area contributed by atoms with Crippen LogP contribution < -0.4 is 15.4 Å². The Hall–Kier alpha value is -3.45. The van der Waals surface area contributed by atoms with Crippen molar-refractivity contribution in [3.05, 3.63) is 72.7 Å². The quantitative estimate of drug-likeness (QED) is 0.627. The summed E-state index contributed by atoms with van der Waals surface area (Å²) in [4.78, 5) is 22.5. The lowest BCUT2D eigenvalue weighted by atomic mass is 10.2. The minimum atomic E-state index is -0.235. The van der Waals surface area contributed by atoms with Crippen molar-refractivity contribution >= 4 is 17.4 Å². The molecule has 3 aromatic rings. The van der Waals surface area contributed by atoms with E-state index in [1.165, 1.54) is 6.33 Å². The van der Waals surface area contributed by atoms with Crippen molar-refractivity contribution in [3.63, 3.8) is 0 Å². The molecule has 1 heterocycles. The average Bonchev–Trinajstić information content (AvgIpc) is 2.70. The number of amides is 1. The lowest BCUT2D eigenvalue weighted by Crippen LogP contribution is -2.31. The first-order chi connectivity index (χ1) is 13.6. The largest absolute Gasteiger partial charge is 0.455 e. The first kappa shape index (κ1) is 19.3. The van der Waals surface area contributed by atoms with Gasteiger partial charge in [0.1, 0.15) is 23.6 Å². The van der Waals surface area contributed by atoms with E-state index in [-0.39, 0.29) is 5.91 Å². The molecule has 7 heteroatoms. The van der Waals surface area contributed by atoms with Gasteiger partial charge >= 0.3 is 0 Å². The lowest BCUT2D eigenvalue weighted by molar-refractivity contribution is 0.0946. The van der Waals surface area contributed by atoms with Crippen LogP contribution in [0.5, 0.6) is 11.5 Å². The Kier molecular flexibility index (Phi) is 6.54. The molecule has 0 saturated carbocycles. The van der Waals surface area contributed by atoms with Gasteiger partial charge in [0.2, 0.25) is 0 Å². The van der Waals surface area contributed by atoms with Gasteiger partial charge in [0.05, 0.1) is 5.69 Å². The number of benzene rings is 2. The molecule has 28 heavy (non-hydrogen) atoms. The van der Waals surface area contributed by atoms with Crippen LogP contribution in [0, 0.1) is 0 Å². The van der Waals surface area contributed by atoms with Crippen molar-refractivity contribution in [1.82, 2.24) is 20.2 Å². The lowest BCUT2D eigenvalue weighted by Gasteiger charge is -2.13. The summed E-state index contributed by atoms with van der Waals surface area (Å²) in [5.74, 6) is 1.67. The summed E-state index contributed by atoms with van der Waals surface area (Å²) >= 11 is 0. The molecule has 0 unspecified atom stereocenters. The van der Waals surface area contributed by atoms with Crippen molar-refractivity contribution in [1.29, 1.82) is 0 Å². The minimum Gasteiger partial charge on any atom is -0.455 e. The van der Waals surface area contributed by atoms with Crippen LogP contribution in [0.1, 0.15) is 10.5 Å². The highest BCUT2D eigenvalue weighted by Crippen LogP contribution is 2.30.